The fraction of sp³-hybridized carbons (Fsp3) is 0.333. The summed E-state index contributed by atoms with van der Waals surface area (Å²) in [6.45, 7) is 3.75. The first kappa shape index (κ1) is 12.7. The van der Waals surface area contributed by atoms with Crippen LogP contribution in [0.25, 0.3) is 0 Å². The SMILES string of the molecule is CCOc1ccc(C(=O)CC(C)=O)cc1Cl. The minimum absolute atomic E-state index is 0.0929. The number of benzene rings is 1. The molecule has 0 spiro atoms. The first-order valence-electron chi connectivity index (χ1n) is 4.99. The average Bonchev–Trinajstić information content (AvgIpc) is 2.20. The van der Waals surface area contributed by atoms with Crippen LogP contribution in [0.5, 0.6) is 5.75 Å². The highest BCUT2D eigenvalue weighted by Gasteiger charge is 2.11. The number of carbonyl (C=O) groups excluding carboxylic acids is 2. The van der Waals surface area contributed by atoms with Gasteiger partial charge in [-0.05, 0) is 32.0 Å². The van der Waals surface area contributed by atoms with Gasteiger partial charge in [-0.2, -0.15) is 0 Å². The standard InChI is InChI=1S/C12H13ClO3/c1-3-16-12-5-4-9(7-10(12)13)11(15)6-8(2)14/h4-5,7H,3,6H2,1-2H3. The van der Waals surface area contributed by atoms with Gasteiger partial charge in [-0.25, -0.2) is 0 Å². The minimum atomic E-state index is -0.225. The predicted octanol–water partition coefficient (Wildman–Crippen LogP) is 2.90. The van der Waals surface area contributed by atoms with E-state index in [1.54, 1.807) is 12.1 Å². The molecule has 86 valence electrons. The molecule has 0 amide bonds. The fourth-order valence-electron chi connectivity index (χ4n) is 1.28. The Morgan fingerprint density at radius 2 is 2.06 bits per heavy atom. The third-order valence-corrected chi connectivity index (χ3v) is 2.26. The fourth-order valence-corrected chi connectivity index (χ4v) is 1.51. The number of hydrogen-bond donors (Lipinski definition) is 0. The van der Waals surface area contributed by atoms with Crippen LogP contribution < -0.4 is 4.74 Å². The van der Waals surface area contributed by atoms with Crippen LogP contribution in [-0.4, -0.2) is 18.2 Å². The highest BCUT2D eigenvalue weighted by atomic mass is 35.5. The van der Waals surface area contributed by atoms with E-state index in [1.165, 1.54) is 13.0 Å². The van der Waals surface area contributed by atoms with Gasteiger partial charge >= 0.3 is 0 Å². The molecule has 0 aliphatic rings. The van der Waals surface area contributed by atoms with Gasteiger partial charge in [0.15, 0.2) is 5.78 Å². The van der Waals surface area contributed by atoms with Gasteiger partial charge in [0.05, 0.1) is 18.1 Å². The van der Waals surface area contributed by atoms with E-state index in [2.05, 4.69) is 0 Å². The Balaban J connectivity index is 2.88. The van der Waals surface area contributed by atoms with Crippen molar-refractivity contribution in [2.45, 2.75) is 20.3 Å². The highest BCUT2D eigenvalue weighted by molar-refractivity contribution is 6.32. The number of carbonyl (C=O) groups is 2. The van der Waals surface area contributed by atoms with Crippen molar-refractivity contribution in [2.75, 3.05) is 6.61 Å². The van der Waals surface area contributed by atoms with Gasteiger partial charge in [0.2, 0.25) is 0 Å². The zero-order valence-corrected chi connectivity index (χ0v) is 10.0. The van der Waals surface area contributed by atoms with Crippen molar-refractivity contribution in [1.82, 2.24) is 0 Å². The molecular weight excluding hydrogens is 228 g/mol. The second kappa shape index (κ2) is 5.66. The molecule has 0 bridgehead atoms. The molecule has 1 aromatic carbocycles. The number of rotatable bonds is 5. The van der Waals surface area contributed by atoms with Crippen molar-refractivity contribution in [3.05, 3.63) is 28.8 Å². The molecule has 0 aliphatic heterocycles. The summed E-state index contributed by atoms with van der Waals surface area (Å²) in [5.41, 5.74) is 0.434. The van der Waals surface area contributed by atoms with Gasteiger partial charge in [-0.15, -0.1) is 0 Å². The largest absolute Gasteiger partial charge is 0.492 e. The summed E-state index contributed by atoms with van der Waals surface area (Å²) in [6, 6.07) is 4.78. The second-order valence-electron chi connectivity index (χ2n) is 3.38. The molecule has 3 nitrogen and oxygen atoms in total. The van der Waals surface area contributed by atoms with Gasteiger partial charge < -0.3 is 4.74 Å². The third kappa shape index (κ3) is 3.35. The molecule has 0 radical (unpaired) electrons. The molecule has 0 N–H and O–H groups in total. The Bertz CT molecular complexity index is 413. The lowest BCUT2D eigenvalue weighted by molar-refractivity contribution is -0.116. The van der Waals surface area contributed by atoms with Crippen LogP contribution >= 0.6 is 11.6 Å². The maximum Gasteiger partial charge on any atom is 0.170 e. The van der Waals surface area contributed by atoms with E-state index in [1.807, 2.05) is 6.92 Å². The number of ether oxygens (including phenoxy) is 1. The summed E-state index contributed by atoms with van der Waals surface area (Å²) in [5, 5.41) is 0.385. The average molecular weight is 241 g/mol. The number of ketones is 2. The Labute approximate surface area is 99.4 Å². The van der Waals surface area contributed by atoms with E-state index in [0.717, 1.165) is 0 Å². The molecule has 0 saturated heterocycles. The van der Waals surface area contributed by atoms with Crippen LogP contribution in [0, 0.1) is 0 Å². The molecule has 16 heavy (non-hydrogen) atoms. The van der Waals surface area contributed by atoms with Crippen LogP contribution in [0.2, 0.25) is 5.02 Å². The predicted molar refractivity (Wildman–Crippen MR) is 62.2 cm³/mol. The maximum atomic E-state index is 11.6. The van der Waals surface area contributed by atoms with Crippen LogP contribution in [0.4, 0.5) is 0 Å². The zero-order chi connectivity index (χ0) is 12.1. The van der Waals surface area contributed by atoms with E-state index in [-0.39, 0.29) is 18.0 Å². The molecule has 1 aromatic rings. The van der Waals surface area contributed by atoms with Crippen LogP contribution in [0.1, 0.15) is 30.6 Å². The van der Waals surface area contributed by atoms with Crippen molar-refractivity contribution in [3.8, 4) is 5.75 Å². The van der Waals surface area contributed by atoms with Crippen molar-refractivity contribution in [2.24, 2.45) is 0 Å². The van der Waals surface area contributed by atoms with Gasteiger partial charge in [0, 0.05) is 5.56 Å². The third-order valence-electron chi connectivity index (χ3n) is 1.96. The lowest BCUT2D eigenvalue weighted by Gasteiger charge is -2.06. The Hall–Kier alpha value is -1.35. The van der Waals surface area contributed by atoms with E-state index >= 15 is 0 Å². The van der Waals surface area contributed by atoms with E-state index in [0.29, 0.717) is 22.9 Å². The molecule has 0 atom stereocenters. The molecule has 0 saturated carbocycles. The van der Waals surface area contributed by atoms with Gasteiger partial charge in [0.1, 0.15) is 11.5 Å². The van der Waals surface area contributed by atoms with Gasteiger partial charge in [-0.1, -0.05) is 11.6 Å². The first-order chi connectivity index (χ1) is 7.54. The number of hydrogen-bond acceptors (Lipinski definition) is 3. The van der Waals surface area contributed by atoms with Gasteiger partial charge in [0.25, 0.3) is 0 Å². The lowest BCUT2D eigenvalue weighted by Crippen LogP contribution is -2.05. The molecule has 0 aromatic heterocycles. The summed E-state index contributed by atoms with van der Waals surface area (Å²) in [4.78, 5) is 22.4. The highest BCUT2D eigenvalue weighted by Crippen LogP contribution is 2.25. The van der Waals surface area contributed by atoms with Crippen LogP contribution in [-0.2, 0) is 4.79 Å². The summed E-state index contributed by atoms with van der Waals surface area (Å²) >= 11 is 5.93. The molecule has 0 aliphatic carbocycles. The topological polar surface area (TPSA) is 43.4 Å². The van der Waals surface area contributed by atoms with Gasteiger partial charge in [-0.3, -0.25) is 9.59 Å². The second-order valence-corrected chi connectivity index (χ2v) is 3.79. The van der Waals surface area contributed by atoms with Crippen molar-refractivity contribution >= 4 is 23.2 Å². The molecule has 0 unspecified atom stereocenters. The van der Waals surface area contributed by atoms with Crippen molar-refractivity contribution in [1.29, 1.82) is 0 Å². The van der Waals surface area contributed by atoms with E-state index in [9.17, 15) is 9.59 Å². The monoisotopic (exact) mass is 240 g/mol. The lowest BCUT2D eigenvalue weighted by atomic mass is 10.1. The maximum absolute atomic E-state index is 11.6. The summed E-state index contributed by atoms with van der Waals surface area (Å²) in [7, 11) is 0. The molecule has 0 fully saturated rings. The molecular formula is C12H13ClO3. The minimum Gasteiger partial charge on any atom is -0.492 e. The molecule has 0 heterocycles. The molecule has 1 rings (SSSR count). The molecule has 4 heteroatoms. The summed E-state index contributed by atoms with van der Waals surface area (Å²) < 4.78 is 5.24. The van der Waals surface area contributed by atoms with Crippen LogP contribution in [0.15, 0.2) is 18.2 Å². The van der Waals surface area contributed by atoms with E-state index in [4.69, 9.17) is 16.3 Å². The van der Waals surface area contributed by atoms with E-state index < -0.39 is 0 Å². The zero-order valence-electron chi connectivity index (χ0n) is 9.25. The first-order valence-corrected chi connectivity index (χ1v) is 5.37. The van der Waals surface area contributed by atoms with Crippen molar-refractivity contribution in [3.63, 3.8) is 0 Å². The quantitative estimate of drug-likeness (QED) is 0.587. The number of halogens is 1. The number of Topliss-reactive ketones (excluding diaryl/α,β-unsaturated/α-hetero) is 2. The normalized spacial score (nSPS) is 9.94. The Morgan fingerprint density at radius 3 is 2.56 bits per heavy atom. The smallest absolute Gasteiger partial charge is 0.170 e. The summed E-state index contributed by atoms with van der Waals surface area (Å²) in [5.74, 6) is 0.163. The Morgan fingerprint density at radius 1 is 1.38 bits per heavy atom. The van der Waals surface area contributed by atoms with Crippen LogP contribution in [0.3, 0.4) is 0 Å². The van der Waals surface area contributed by atoms with Crippen molar-refractivity contribution < 1.29 is 14.3 Å². The Kier molecular flexibility index (Phi) is 4.50. The summed E-state index contributed by atoms with van der Waals surface area (Å²) in [6.07, 6.45) is -0.0929.